The van der Waals surface area contributed by atoms with Gasteiger partial charge in [0.15, 0.2) is 0 Å². The molecule has 0 radical (unpaired) electrons. The third-order valence-electron chi connectivity index (χ3n) is 4.12. The molecule has 1 saturated heterocycles. The molecule has 1 saturated carbocycles. The molecule has 3 unspecified atom stereocenters. The quantitative estimate of drug-likeness (QED) is 0.838. The number of aromatic nitrogens is 1. The first-order valence-electron chi connectivity index (χ1n) is 7.18. The number of pyridine rings is 1. The Labute approximate surface area is 109 Å². The zero-order valence-corrected chi connectivity index (χ0v) is 11.1. The number of nitrogens with one attached hydrogen (secondary N) is 1. The van der Waals surface area contributed by atoms with Gasteiger partial charge in [0, 0.05) is 12.2 Å². The second-order valence-corrected chi connectivity index (χ2v) is 5.60. The van der Waals surface area contributed by atoms with Crippen LogP contribution in [0, 0.1) is 5.92 Å². The monoisotopic (exact) mass is 246 g/mol. The molecule has 1 N–H and O–H groups in total. The summed E-state index contributed by atoms with van der Waals surface area (Å²) in [5, 5.41) is 3.34. The zero-order chi connectivity index (χ0) is 12.4. The normalized spacial score (nSPS) is 29.7. The van der Waals surface area contributed by atoms with Crippen LogP contribution in [0.4, 0.5) is 0 Å². The number of rotatable bonds is 6. The van der Waals surface area contributed by atoms with E-state index < -0.39 is 0 Å². The lowest BCUT2D eigenvalue weighted by molar-refractivity contribution is 0.217. The van der Waals surface area contributed by atoms with Crippen molar-refractivity contribution in [1.29, 1.82) is 0 Å². The molecule has 1 aliphatic carbocycles. The molecular formula is C15H22N2O. The minimum Gasteiger partial charge on any atom is -0.490 e. The minimum atomic E-state index is 0.544. The van der Waals surface area contributed by atoms with Crippen LogP contribution in [0.2, 0.25) is 0 Å². The summed E-state index contributed by atoms with van der Waals surface area (Å²) >= 11 is 0. The van der Waals surface area contributed by atoms with Crippen molar-refractivity contribution in [3.05, 3.63) is 24.0 Å². The lowest BCUT2D eigenvalue weighted by Crippen LogP contribution is -2.46. The van der Waals surface area contributed by atoms with Gasteiger partial charge >= 0.3 is 0 Å². The third kappa shape index (κ3) is 2.66. The van der Waals surface area contributed by atoms with Crippen LogP contribution in [-0.4, -0.2) is 24.2 Å². The molecule has 3 atom stereocenters. The molecule has 98 valence electrons. The number of nitrogens with zero attached hydrogens (tertiary/aromatic N) is 1. The Kier molecular flexibility index (Phi) is 3.50. The van der Waals surface area contributed by atoms with Gasteiger partial charge in [-0.3, -0.25) is 4.98 Å². The molecule has 0 spiro atoms. The van der Waals surface area contributed by atoms with E-state index in [-0.39, 0.29) is 0 Å². The number of hydrogen-bond acceptors (Lipinski definition) is 3. The second kappa shape index (κ2) is 5.27. The molecule has 1 aliphatic heterocycles. The molecule has 2 fully saturated rings. The van der Waals surface area contributed by atoms with E-state index in [1.54, 1.807) is 0 Å². The molecule has 3 rings (SSSR count). The lowest BCUT2D eigenvalue weighted by atomic mass is 10.1. The largest absolute Gasteiger partial charge is 0.490 e. The summed E-state index contributed by atoms with van der Waals surface area (Å²) in [7, 11) is 0. The van der Waals surface area contributed by atoms with Crippen molar-refractivity contribution in [1.82, 2.24) is 10.3 Å². The Hall–Kier alpha value is -1.09. The summed E-state index contributed by atoms with van der Waals surface area (Å²) in [4.78, 5) is 4.32. The average Bonchev–Trinajstić information content (AvgIpc) is 3.07. The van der Waals surface area contributed by atoms with Crippen LogP contribution in [0.5, 0.6) is 5.75 Å². The summed E-state index contributed by atoms with van der Waals surface area (Å²) < 4.78 is 5.80. The topological polar surface area (TPSA) is 34.1 Å². The summed E-state index contributed by atoms with van der Waals surface area (Å²) in [6, 6.07) is 2.73. The Balaban J connectivity index is 1.55. The van der Waals surface area contributed by atoms with E-state index in [0.717, 1.165) is 30.7 Å². The van der Waals surface area contributed by atoms with Crippen molar-refractivity contribution < 1.29 is 4.74 Å². The third-order valence-corrected chi connectivity index (χ3v) is 4.12. The summed E-state index contributed by atoms with van der Waals surface area (Å²) in [5.74, 6) is 2.56. The van der Waals surface area contributed by atoms with Crippen LogP contribution in [-0.2, 0) is 0 Å². The molecule has 0 bridgehead atoms. The molecule has 1 aromatic heterocycles. The first-order chi connectivity index (χ1) is 8.86. The van der Waals surface area contributed by atoms with Crippen molar-refractivity contribution in [2.24, 2.45) is 5.92 Å². The standard InChI is InChI=1S/C15H22N2O/c1-2-3-11-7-15(11)12-6-14(9-16-8-12)18-10-13-4-5-17-13/h6,8-9,11,13,15,17H,2-5,7,10H2,1H3. The fourth-order valence-corrected chi connectivity index (χ4v) is 2.75. The van der Waals surface area contributed by atoms with Crippen molar-refractivity contribution in [2.45, 2.75) is 44.6 Å². The maximum Gasteiger partial charge on any atom is 0.137 e. The minimum absolute atomic E-state index is 0.544. The fourth-order valence-electron chi connectivity index (χ4n) is 2.75. The van der Waals surface area contributed by atoms with Crippen LogP contribution < -0.4 is 10.1 Å². The molecule has 2 aliphatic rings. The smallest absolute Gasteiger partial charge is 0.137 e. The number of hydrogen-bond donors (Lipinski definition) is 1. The van der Waals surface area contributed by atoms with E-state index >= 15 is 0 Å². The fraction of sp³-hybridized carbons (Fsp3) is 0.667. The van der Waals surface area contributed by atoms with Gasteiger partial charge in [-0.05, 0) is 42.9 Å². The van der Waals surface area contributed by atoms with E-state index in [9.17, 15) is 0 Å². The first kappa shape index (κ1) is 12.0. The van der Waals surface area contributed by atoms with Gasteiger partial charge in [0.25, 0.3) is 0 Å². The highest BCUT2D eigenvalue weighted by Gasteiger charge is 2.37. The summed E-state index contributed by atoms with van der Waals surface area (Å²) in [5.41, 5.74) is 1.37. The summed E-state index contributed by atoms with van der Waals surface area (Å²) in [6.45, 7) is 4.17. The van der Waals surface area contributed by atoms with Crippen LogP contribution in [0.15, 0.2) is 18.5 Å². The second-order valence-electron chi connectivity index (χ2n) is 5.60. The highest BCUT2D eigenvalue weighted by Crippen LogP contribution is 2.50. The SMILES string of the molecule is CCCC1CC1c1cncc(OCC2CCN2)c1. The van der Waals surface area contributed by atoms with E-state index in [0.29, 0.717) is 6.04 Å². The predicted octanol–water partition coefficient (Wildman–Crippen LogP) is 2.73. The first-order valence-corrected chi connectivity index (χ1v) is 7.18. The lowest BCUT2D eigenvalue weighted by Gasteiger charge is -2.27. The van der Waals surface area contributed by atoms with Crippen molar-refractivity contribution in [3.63, 3.8) is 0 Å². The molecular weight excluding hydrogens is 224 g/mol. The van der Waals surface area contributed by atoms with Crippen molar-refractivity contribution in [2.75, 3.05) is 13.2 Å². The van der Waals surface area contributed by atoms with Crippen LogP contribution in [0.25, 0.3) is 0 Å². The Morgan fingerprint density at radius 1 is 1.44 bits per heavy atom. The highest BCUT2D eigenvalue weighted by atomic mass is 16.5. The summed E-state index contributed by atoms with van der Waals surface area (Å²) in [6.07, 6.45) is 9.05. The zero-order valence-electron chi connectivity index (χ0n) is 11.1. The average molecular weight is 246 g/mol. The van der Waals surface area contributed by atoms with Gasteiger partial charge in [-0.15, -0.1) is 0 Å². The Bertz CT molecular complexity index is 403. The van der Waals surface area contributed by atoms with Gasteiger partial charge in [-0.2, -0.15) is 0 Å². The van der Waals surface area contributed by atoms with Crippen molar-refractivity contribution >= 4 is 0 Å². The molecule has 3 nitrogen and oxygen atoms in total. The van der Waals surface area contributed by atoms with Gasteiger partial charge in [0.05, 0.1) is 6.20 Å². The molecule has 0 aromatic carbocycles. The van der Waals surface area contributed by atoms with E-state index in [1.807, 2.05) is 12.4 Å². The van der Waals surface area contributed by atoms with Gasteiger partial charge in [0.2, 0.25) is 0 Å². The van der Waals surface area contributed by atoms with Gasteiger partial charge < -0.3 is 10.1 Å². The molecule has 0 amide bonds. The van der Waals surface area contributed by atoms with E-state index in [1.165, 1.54) is 31.2 Å². The molecule has 1 aromatic rings. The Morgan fingerprint density at radius 2 is 2.33 bits per heavy atom. The molecule has 18 heavy (non-hydrogen) atoms. The maximum atomic E-state index is 5.80. The predicted molar refractivity (Wildman–Crippen MR) is 71.9 cm³/mol. The van der Waals surface area contributed by atoms with Crippen LogP contribution in [0.1, 0.15) is 44.1 Å². The van der Waals surface area contributed by atoms with Crippen molar-refractivity contribution in [3.8, 4) is 5.75 Å². The van der Waals surface area contributed by atoms with Gasteiger partial charge in [-0.1, -0.05) is 19.8 Å². The van der Waals surface area contributed by atoms with Gasteiger partial charge in [-0.25, -0.2) is 0 Å². The molecule has 3 heteroatoms. The van der Waals surface area contributed by atoms with E-state index in [2.05, 4.69) is 23.3 Å². The number of ether oxygens (including phenoxy) is 1. The highest BCUT2D eigenvalue weighted by molar-refractivity contribution is 5.30. The molecule has 2 heterocycles. The van der Waals surface area contributed by atoms with E-state index in [4.69, 9.17) is 4.74 Å². The van der Waals surface area contributed by atoms with Gasteiger partial charge in [0.1, 0.15) is 12.4 Å². The van der Waals surface area contributed by atoms with Crippen LogP contribution in [0.3, 0.4) is 0 Å². The maximum absolute atomic E-state index is 5.80. The Morgan fingerprint density at radius 3 is 3.06 bits per heavy atom. The van der Waals surface area contributed by atoms with Crippen LogP contribution >= 0.6 is 0 Å².